The number of aryl methyl sites for hydroxylation is 3. The highest BCUT2D eigenvalue weighted by Crippen LogP contribution is 2.42. The Kier molecular flexibility index (Phi) is 22.6. The lowest BCUT2D eigenvalue weighted by atomic mass is 9.97. The molecule has 0 saturated heterocycles. The third-order valence-corrected chi connectivity index (χ3v) is 15.9. The van der Waals surface area contributed by atoms with Gasteiger partial charge in [0.15, 0.2) is 0 Å². The minimum Gasteiger partial charge on any atom is -0.465 e. The van der Waals surface area contributed by atoms with Crippen LogP contribution in [0.25, 0.3) is 0 Å². The summed E-state index contributed by atoms with van der Waals surface area (Å²) in [6.45, 7) is 18.2. The topological polar surface area (TPSA) is 206 Å². The Bertz CT molecular complexity index is 3130. The van der Waals surface area contributed by atoms with Crippen molar-refractivity contribution in [1.82, 2.24) is 29.7 Å². The van der Waals surface area contributed by atoms with Crippen LogP contribution < -0.4 is 0 Å². The first-order valence-electron chi connectivity index (χ1n) is 28.5. The van der Waals surface area contributed by atoms with E-state index in [0.29, 0.717) is 74.8 Å². The van der Waals surface area contributed by atoms with Gasteiger partial charge < -0.3 is 28.4 Å². The number of carbonyl (C=O) groups excluding carboxylic acids is 6. The van der Waals surface area contributed by atoms with Gasteiger partial charge in [0.2, 0.25) is 0 Å². The number of aromatic nitrogens is 3. The van der Waals surface area contributed by atoms with Gasteiger partial charge in [0.05, 0.1) is 75.8 Å². The summed E-state index contributed by atoms with van der Waals surface area (Å²) < 4.78 is 34.4. The van der Waals surface area contributed by atoms with E-state index in [4.69, 9.17) is 28.4 Å². The fourth-order valence-electron chi connectivity index (χ4n) is 10.6. The molecule has 0 bridgehead atoms. The van der Waals surface area contributed by atoms with Crippen molar-refractivity contribution >= 4 is 84.0 Å². The number of fused-ring (bicyclic) bond motifs is 3. The number of ether oxygens (including phenoxy) is 6. The molecule has 3 aromatic heterocycles. The molecule has 9 rings (SSSR count). The van der Waals surface area contributed by atoms with Crippen LogP contribution in [0, 0.1) is 0 Å². The lowest BCUT2D eigenvalue weighted by Crippen LogP contribution is -2.36. The molecule has 0 radical (unpaired) electrons. The molecule has 21 heteroatoms. The third-order valence-electron chi connectivity index (χ3n) is 14.4. The molecule has 3 amide bonds. The second-order valence-electron chi connectivity index (χ2n) is 24.1. The number of nitrogens with zero attached hydrogens (tertiary/aromatic N) is 6. The zero-order chi connectivity index (χ0) is 63.5. The van der Waals surface area contributed by atoms with Gasteiger partial charge >= 0.3 is 36.2 Å². The van der Waals surface area contributed by atoms with Crippen LogP contribution in [0.15, 0.2) is 123 Å². The van der Waals surface area contributed by atoms with Crippen molar-refractivity contribution in [3.05, 3.63) is 190 Å². The number of halogens is 3. The number of hydrogen-bond acceptors (Lipinski definition) is 15. The van der Waals surface area contributed by atoms with Crippen LogP contribution in [0.1, 0.15) is 181 Å². The van der Waals surface area contributed by atoms with Gasteiger partial charge in [-0.3, -0.25) is 29.7 Å². The summed E-state index contributed by atoms with van der Waals surface area (Å²) in [5.41, 5.74) is 8.76. The standard InChI is InChI=1S/3C22H25BrN2O4/c3*1-22(2,3)29-21(27)25-13-15-11-16(23)6-7-17(15)19(25)8-5-14-12-24-10-9-18(14)20(26)28-4/h3*6-7,9-12,19H,5,8,13H2,1-4H3/t2*19-;/m10./s1. The first kappa shape index (κ1) is 67.3. The zero-order valence-corrected chi connectivity index (χ0v) is 56.0. The summed E-state index contributed by atoms with van der Waals surface area (Å²) in [6, 6.07) is 22.7. The summed E-state index contributed by atoms with van der Waals surface area (Å²) in [4.78, 5) is 92.5. The fraction of sp³-hybridized carbons (Fsp3) is 0.409. The maximum Gasteiger partial charge on any atom is 0.411 e. The minimum absolute atomic E-state index is 0.140. The molecule has 87 heavy (non-hydrogen) atoms. The van der Waals surface area contributed by atoms with Gasteiger partial charge in [-0.15, -0.1) is 0 Å². The van der Waals surface area contributed by atoms with Crippen LogP contribution in [0.5, 0.6) is 0 Å². The monoisotopic (exact) mass is 1380 g/mol. The predicted octanol–water partition coefficient (Wildman–Crippen LogP) is 15.2. The van der Waals surface area contributed by atoms with E-state index >= 15 is 0 Å². The molecule has 0 saturated carbocycles. The predicted molar refractivity (Wildman–Crippen MR) is 338 cm³/mol. The third kappa shape index (κ3) is 18.0. The van der Waals surface area contributed by atoms with Crippen molar-refractivity contribution in [1.29, 1.82) is 0 Å². The quantitative estimate of drug-likeness (QED) is 0.0825. The highest BCUT2D eigenvalue weighted by molar-refractivity contribution is 9.11. The van der Waals surface area contributed by atoms with Crippen molar-refractivity contribution in [3.8, 4) is 0 Å². The van der Waals surface area contributed by atoms with Crippen molar-refractivity contribution < 1.29 is 57.2 Å². The number of methoxy groups -OCH3 is 3. The van der Waals surface area contributed by atoms with E-state index in [0.717, 1.165) is 63.5 Å². The molecule has 6 aromatic rings. The average molecular weight is 1380 g/mol. The van der Waals surface area contributed by atoms with E-state index < -0.39 is 16.8 Å². The van der Waals surface area contributed by atoms with Crippen molar-refractivity contribution in [2.24, 2.45) is 0 Å². The zero-order valence-electron chi connectivity index (χ0n) is 51.2. The molecule has 0 N–H and O–H groups in total. The molecular formula is C66H75Br3N6O12. The van der Waals surface area contributed by atoms with E-state index in [1.54, 1.807) is 70.1 Å². The Balaban J connectivity index is 0.000000186. The highest BCUT2D eigenvalue weighted by Gasteiger charge is 2.39. The van der Waals surface area contributed by atoms with Crippen LogP contribution in [0.4, 0.5) is 14.4 Å². The van der Waals surface area contributed by atoms with E-state index in [1.807, 2.05) is 117 Å². The number of hydrogen-bond donors (Lipinski definition) is 0. The van der Waals surface area contributed by atoms with Gasteiger partial charge in [-0.25, -0.2) is 28.8 Å². The summed E-state index contributed by atoms with van der Waals surface area (Å²) in [5, 5.41) is 0. The van der Waals surface area contributed by atoms with E-state index in [1.165, 1.54) is 21.3 Å². The molecule has 3 aliphatic rings. The highest BCUT2D eigenvalue weighted by atomic mass is 79.9. The fourth-order valence-corrected chi connectivity index (χ4v) is 11.9. The lowest BCUT2D eigenvalue weighted by molar-refractivity contribution is 0.0154. The first-order chi connectivity index (χ1) is 41.1. The minimum atomic E-state index is -0.571. The molecule has 3 aromatic carbocycles. The van der Waals surface area contributed by atoms with Crippen LogP contribution in [0.3, 0.4) is 0 Å². The average Bonchev–Trinajstić information content (AvgIpc) is 2.02. The number of amides is 3. The van der Waals surface area contributed by atoms with Crippen LogP contribution in [-0.4, -0.2) is 104 Å². The number of carbonyl (C=O) groups is 6. The van der Waals surface area contributed by atoms with Crippen LogP contribution in [0.2, 0.25) is 0 Å². The molecule has 462 valence electrons. The lowest BCUT2D eigenvalue weighted by Gasteiger charge is -2.29. The molecule has 6 heterocycles. The SMILES string of the molecule is COC(=O)c1ccncc1CCC1c2ccc(Br)cc2CN1C(=O)OC(C)(C)C.COC(=O)c1ccncc1CC[C@@H]1c2ccc(Br)cc2CN1C(=O)OC(C)(C)C.COC(=O)c1ccncc1CC[C@H]1c2ccc(Br)cc2CN1C(=O)OC(C)(C)C. The van der Waals surface area contributed by atoms with E-state index in [2.05, 4.69) is 62.7 Å². The molecule has 1 unspecified atom stereocenters. The molecule has 0 spiro atoms. The number of pyridine rings is 3. The van der Waals surface area contributed by atoms with Crippen LogP contribution >= 0.6 is 47.8 Å². The second kappa shape index (κ2) is 29.2. The van der Waals surface area contributed by atoms with Crippen molar-refractivity contribution in [2.45, 2.75) is 155 Å². The maximum absolute atomic E-state index is 12.9. The molecule has 0 aliphatic carbocycles. The molecular weight excluding hydrogens is 1310 g/mol. The van der Waals surface area contributed by atoms with Gasteiger partial charge in [-0.05, 0) is 206 Å². The Morgan fingerprint density at radius 2 is 0.678 bits per heavy atom. The second-order valence-corrected chi connectivity index (χ2v) is 26.8. The van der Waals surface area contributed by atoms with Crippen LogP contribution in [-0.2, 0) is 67.3 Å². The van der Waals surface area contributed by atoms with Gasteiger partial charge in [0.1, 0.15) is 16.8 Å². The van der Waals surface area contributed by atoms with Gasteiger partial charge in [-0.1, -0.05) is 66.0 Å². The first-order valence-corrected chi connectivity index (χ1v) is 30.8. The number of benzene rings is 3. The normalized spacial score (nSPS) is 15.8. The van der Waals surface area contributed by atoms with Crippen molar-refractivity contribution in [2.75, 3.05) is 21.3 Å². The Morgan fingerprint density at radius 1 is 0.425 bits per heavy atom. The van der Waals surface area contributed by atoms with Gasteiger partial charge in [0, 0.05) is 50.6 Å². The maximum atomic E-state index is 12.9. The summed E-state index contributed by atoms with van der Waals surface area (Å²) in [7, 11) is 4.09. The Morgan fingerprint density at radius 3 is 0.908 bits per heavy atom. The molecule has 18 nitrogen and oxygen atoms in total. The number of rotatable bonds is 12. The van der Waals surface area contributed by atoms with E-state index in [-0.39, 0.29) is 54.3 Å². The largest absolute Gasteiger partial charge is 0.465 e. The molecule has 0 fully saturated rings. The summed E-state index contributed by atoms with van der Waals surface area (Å²) in [5.74, 6) is -1.16. The smallest absolute Gasteiger partial charge is 0.411 e. The summed E-state index contributed by atoms with van der Waals surface area (Å²) in [6.07, 6.45) is 12.4. The van der Waals surface area contributed by atoms with E-state index in [9.17, 15) is 28.8 Å². The van der Waals surface area contributed by atoms with Crippen molar-refractivity contribution in [3.63, 3.8) is 0 Å². The van der Waals surface area contributed by atoms with Gasteiger partial charge in [-0.2, -0.15) is 0 Å². The van der Waals surface area contributed by atoms with Gasteiger partial charge in [0.25, 0.3) is 0 Å². The number of esters is 3. The molecule has 3 atom stereocenters. The molecule has 3 aliphatic heterocycles. The Labute approximate surface area is 534 Å². The summed E-state index contributed by atoms with van der Waals surface area (Å²) >= 11 is 10.5. The Hall–Kier alpha value is -7.23.